The summed E-state index contributed by atoms with van der Waals surface area (Å²) in [5.41, 5.74) is 4.60. The molecule has 0 saturated carbocycles. The van der Waals surface area contributed by atoms with Crippen molar-refractivity contribution < 1.29 is 0 Å². The second-order valence-corrected chi connectivity index (χ2v) is 4.37. The van der Waals surface area contributed by atoms with Crippen LogP contribution in [-0.4, -0.2) is 12.8 Å². The molecule has 1 heterocycles. The average Bonchev–Trinajstić information content (AvgIpc) is 2.59. The smallest absolute Gasteiger partial charge is 0.114 e. The number of fused-ring (bicyclic) bond motifs is 1. The molecule has 1 nitrogen and oxygen atoms in total. The van der Waals surface area contributed by atoms with Crippen molar-refractivity contribution in [3.63, 3.8) is 0 Å². The number of hydrogen-bond donors (Lipinski definition) is 1. The SMILES string of the molecule is [B]c1cc2cc(C(C)C)[nH]c2cc1CC. The molecule has 1 aromatic carbocycles. The van der Waals surface area contributed by atoms with E-state index in [1.165, 1.54) is 22.2 Å². The molecule has 1 aromatic heterocycles. The van der Waals surface area contributed by atoms with Crippen molar-refractivity contribution in [2.45, 2.75) is 33.1 Å². The summed E-state index contributed by atoms with van der Waals surface area (Å²) in [4.78, 5) is 3.44. The molecule has 76 valence electrons. The minimum absolute atomic E-state index is 0.531. The lowest BCUT2D eigenvalue weighted by molar-refractivity contribution is 0.836. The highest BCUT2D eigenvalue weighted by molar-refractivity contribution is 6.34. The molecule has 2 heteroatoms. The number of nitrogens with one attached hydrogen (secondary N) is 1. The first-order valence-electron chi connectivity index (χ1n) is 5.52. The highest BCUT2D eigenvalue weighted by Gasteiger charge is 2.06. The number of hydrogen-bond acceptors (Lipinski definition) is 0. The molecule has 2 rings (SSSR count). The van der Waals surface area contributed by atoms with Crippen LogP contribution in [0.1, 0.15) is 37.9 Å². The van der Waals surface area contributed by atoms with Crippen LogP contribution < -0.4 is 5.46 Å². The average molecular weight is 197 g/mol. The predicted molar refractivity (Wildman–Crippen MR) is 67.2 cm³/mol. The summed E-state index contributed by atoms with van der Waals surface area (Å²) in [6.07, 6.45) is 0.984. The third kappa shape index (κ3) is 1.81. The Morgan fingerprint density at radius 2 is 2.00 bits per heavy atom. The molecular weight excluding hydrogens is 181 g/mol. The van der Waals surface area contributed by atoms with Gasteiger partial charge in [0.15, 0.2) is 0 Å². The van der Waals surface area contributed by atoms with Crippen LogP contribution in [0, 0.1) is 0 Å². The first kappa shape index (κ1) is 10.3. The zero-order valence-electron chi connectivity index (χ0n) is 9.59. The molecule has 1 N–H and O–H groups in total. The first-order chi connectivity index (χ1) is 7.11. The van der Waals surface area contributed by atoms with E-state index in [0.29, 0.717) is 5.92 Å². The second kappa shape index (κ2) is 3.76. The van der Waals surface area contributed by atoms with Gasteiger partial charge in [-0.3, -0.25) is 0 Å². The van der Waals surface area contributed by atoms with Crippen molar-refractivity contribution in [2.75, 3.05) is 0 Å². The molecule has 0 unspecified atom stereocenters. The molecule has 0 amide bonds. The Morgan fingerprint density at radius 3 is 2.60 bits per heavy atom. The van der Waals surface area contributed by atoms with Crippen molar-refractivity contribution in [1.29, 1.82) is 0 Å². The summed E-state index contributed by atoms with van der Waals surface area (Å²) in [6, 6.07) is 6.42. The van der Waals surface area contributed by atoms with E-state index in [1.54, 1.807) is 0 Å². The van der Waals surface area contributed by atoms with Gasteiger partial charge in [0.2, 0.25) is 0 Å². The highest BCUT2D eigenvalue weighted by atomic mass is 14.7. The number of aromatic amines is 1. The second-order valence-electron chi connectivity index (χ2n) is 4.37. The van der Waals surface area contributed by atoms with E-state index in [0.717, 1.165) is 11.9 Å². The Hall–Kier alpha value is -1.18. The molecule has 15 heavy (non-hydrogen) atoms. The van der Waals surface area contributed by atoms with E-state index in [2.05, 4.69) is 44.0 Å². The number of aryl methyl sites for hydroxylation is 1. The lowest BCUT2D eigenvalue weighted by Crippen LogP contribution is -2.08. The van der Waals surface area contributed by atoms with Gasteiger partial charge in [-0.05, 0) is 29.9 Å². The van der Waals surface area contributed by atoms with Crippen molar-refractivity contribution in [1.82, 2.24) is 4.98 Å². The van der Waals surface area contributed by atoms with Gasteiger partial charge in [0, 0.05) is 11.2 Å². The standard InChI is InChI=1S/C13H16BN/c1-4-9-6-13-10(5-11(9)14)7-12(15-13)8(2)3/h5-8,15H,4H2,1-3H3. The van der Waals surface area contributed by atoms with Crippen LogP contribution in [0.5, 0.6) is 0 Å². The molecule has 0 aliphatic rings. The lowest BCUT2D eigenvalue weighted by atomic mass is 9.88. The molecule has 0 atom stereocenters. The summed E-state index contributed by atoms with van der Waals surface area (Å²) in [5, 5.41) is 1.22. The summed E-state index contributed by atoms with van der Waals surface area (Å²) in [5.74, 6) is 0.531. The molecule has 0 aliphatic carbocycles. The number of benzene rings is 1. The quantitative estimate of drug-likeness (QED) is 0.712. The molecule has 0 aliphatic heterocycles. The summed E-state index contributed by atoms with van der Waals surface area (Å²) >= 11 is 0. The van der Waals surface area contributed by atoms with E-state index in [4.69, 9.17) is 7.85 Å². The van der Waals surface area contributed by atoms with Gasteiger partial charge in [-0.15, -0.1) is 0 Å². The maximum Gasteiger partial charge on any atom is 0.114 e. The maximum atomic E-state index is 5.97. The molecular formula is C13H16BN. The predicted octanol–water partition coefficient (Wildman–Crippen LogP) is 2.65. The zero-order chi connectivity index (χ0) is 11.0. The Kier molecular flexibility index (Phi) is 2.60. The molecule has 0 saturated heterocycles. The lowest BCUT2D eigenvalue weighted by Gasteiger charge is -2.02. The topological polar surface area (TPSA) is 15.8 Å². The van der Waals surface area contributed by atoms with Crippen LogP contribution in [0.25, 0.3) is 10.9 Å². The van der Waals surface area contributed by atoms with Crippen LogP contribution in [-0.2, 0) is 6.42 Å². The normalized spacial score (nSPS) is 11.5. The molecule has 0 bridgehead atoms. The van der Waals surface area contributed by atoms with E-state index in [-0.39, 0.29) is 0 Å². The van der Waals surface area contributed by atoms with E-state index >= 15 is 0 Å². The number of rotatable bonds is 2. The fourth-order valence-electron chi connectivity index (χ4n) is 1.88. The molecule has 2 radical (unpaired) electrons. The van der Waals surface area contributed by atoms with Crippen LogP contribution in [0.4, 0.5) is 0 Å². The van der Waals surface area contributed by atoms with Crippen LogP contribution in [0.2, 0.25) is 0 Å². The Balaban J connectivity index is 2.61. The van der Waals surface area contributed by atoms with E-state index in [9.17, 15) is 0 Å². The zero-order valence-corrected chi connectivity index (χ0v) is 9.59. The van der Waals surface area contributed by atoms with Crippen LogP contribution >= 0.6 is 0 Å². The van der Waals surface area contributed by atoms with Gasteiger partial charge >= 0.3 is 0 Å². The summed E-state index contributed by atoms with van der Waals surface area (Å²) in [7, 11) is 5.97. The fraction of sp³-hybridized carbons (Fsp3) is 0.385. The van der Waals surface area contributed by atoms with Crippen molar-refractivity contribution in [3.05, 3.63) is 29.5 Å². The molecule has 0 fully saturated rings. The van der Waals surface area contributed by atoms with Gasteiger partial charge in [0.05, 0.1) is 0 Å². The third-order valence-electron chi connectivity index (χ3n) is 2.90. The Labute approximate surface area is 92.3 Å². The first-order valence-corrected chi connectivity index (χ1v) is 5.52. The fourth-order valence-corrected chi connectivity index (χ4v) is 1.88. The van der Waals surface area contributed by atoms with Gasteiger partial charge in [-0.2, -0.15) is 0 Å². The van der Waals surface area contributed by atoms with Crippen molar-refractivity contribution >= 4 is 24.2 Å². The summed E-state index contributed by atoms with van der Waals surface area (Å²) < 4.78 is 0. The summed E-state index contributed by atoms with van der Waals surface area (Å²) in [6.45, 7) is 6.51. The maximum absolute atomic E-state index is 5.97. The van der Waals surface area contributed by atoms with Crippen molar-refractivity contribution in [3.8, 4) is 0 Å². The van der Waals surface area contributed by atoms with Crippen LogP contribution in [0.15, 0.2) is 18.2 Å². The van der Waals surface area contributed by atoms with Gasteiger partial charge in [-0.25, -0.2) is 0 Å². The molecule has 2 aromatic rings. The van der Waals surface area contributed by atoms with E-state index < -0.39 is 0 Å². The largest absolute Gasteiger partial charge is 0.358 e. The third-order valence-corrected chi connectivity index (χ3v) is 2.90. The number of H-pyrrole nitrogens is 1. The minimum atomic E-state index is 0.531. The number of aromatic nitrogens is 1. The van der Waals surface area contributed by atoms with Gasteiger partial charge in [0.25, 0.3) is 0 Å². The highest BCUT2D eigenvalue weighted by Crippen LogP contribution is 2.21. The van der Waals surface area contributed by atoms with Gasteiger partial charge < -0.3 is 4.98 Å². The molecule has 0 spiro atoms. The minimum Gasteiger partial charge on any atom is -0.358 e. The monoisotopic (exact) mass is 197 g/mol. The van der Waals surface area contributed by atoms with E-state index in [1.807, 2.05) is 0 Å². The van der Waals surface area contributed by atoms with Gasteiger partial charge in [-0.1, -0.05) is 37.9 Å². The van der Waals surface area contributed by atoms with Gasteiger partial charge in [0.1, 0.15) is 7.85 Å². The Morgan fingerprint density at radius 1 is 1.27 bits per heavy atom. The Bertz CT molecular complexity index is 482. The van der Waals surface area contributed by atoms with Crippen molar-refractivity contribution in [2.24, 2.45) is 0 Å². The van der Waals surface area contributed by atoms with Crippen LogP contribution in [0.3, 0.4) is 0 Å².